The molecule has 23 heavy (non-hydrogen) atoms. The van der Waals surface area contributed by atoms with Crippen molar-refractivity contribution in [2.75, 3.05) is 5.75 Å². The minimum absolute atomic E-state index is 0. The summed E-state index contributed by atoms with van der Waals surface area (Å²) in [4.78, 5) is 3.64. The van der Waals surface area contributed by atoms with Gasteiger partial charge in [0.1, 0.15) is 0 Å². The molecule has 0 spiro atoms. The van der Waals surface area contributed by atoms with Crippen molar-refractivity contribution in [1.29, 1.82) is 0 Å². The third-order valence-electron chi connectivity index (χ3n) is 2.70. The molecule has 116 valence electrons. The average Bonchev–Trinajstić information content (AvgIpc) is 2.70. The summed E-state index contributed by atoms with van der Waals surface area (Å²) in [6.07, 6.45) is 0.195. The number of benzene rings is 1. The maximum atomic E-state index is 10.6. The molecule has 0 aliphatic heterocycles. The number of aromatic nitrogens is 2. The molecular formula is C10H11N2Na2O6S3+. The van der Waals surface area contributed by atoms with E-state index < -0.39 is 15.9 Å². The number of nitrogens with one attached hydrogen (secondary N) is 1. The first kappa shape index (κ1) is 24.2. The Morgan fingerprint density at radius 1 is 1.35 bits per heavy atom. The second-order valence-corrected chi connectivity index (χ2v) is 6.84. The average molecular weight is 397 g/mol. The Hall–Kier alpha value is 1.18. The van der Waals surface area contributed by atoms with Gasteiger partial charge in [-0.3, -0.25) is 5.04 Å². The van der Waals surface area contributed by atoms with Gasteiger partial charge >= 0.3 is 64.3 Å². The molecule has 0 radical (unpaired) electrons. The molecule has 0 aliphatic carbocycles. The fraction of sp³-hybridized carbons (Fsp3) is 0.300. The van der Waals surface area contributed by atoms with Gasteiger partial charge in [0.25, 0.3) is 0 Å². The van der Waals surface area contributed by atoms with Crippen LogP contribution in [0.1, 0.15) is 6.42 Å². The standard InChI is InChI=1S/C10H12N2O6S3.2Na/c13-17-18-20-7-2-3-9-8(6-7)11-10(19)12(9)4-1-5-21(14,15)16;;/h2-3,6H,1,4-5H2,(H3,11,13,14,15,16,19);;/q;2*+1/p-1. The molecule has 1 aromatic carbocycles. The molecule has 1 N–H and O–H groups in total. The minimum Gasteiger partial charge on any atom is -0.748 e. The van der Waals surface area contributed by atoms with Crippen LogP contribution in [0.15, 0.2) is 28.3 Å². The van der Waals surface area contributed by atoms with E-state index in [9.17, 15) is 18.2 Å². The van der Waals surface area contributed by atoms with E-state index >= 15 is 0 Å². The van der Waals surface area contributed by atoms with Gasteiger partial charge in [-0.2, -0.15) is 4.33 Å². The quantitative estimate of drug-likeness (QED) is 0.0908. The van der Waals surface area contributed by atoms with Crippen LogP contribution in [0.5, 0.6) is 0 Å². The predicted molar refractivity (Wildman–Crippen MR) is 73.0 cm³/mol. The number of rotatable bonds is 7. The molecule has 0 fully saturated rings. The summed E-state index contributed by atoms with van der Waals surface area (Å²) in [6, 6.07) is 5.18. The van der Waals surface area contributed by atoms with Gasteiger partial charge in [0, 0.05) is 16.7 Å². The van der Waals surface area contributed by atoms with Crippen molar-refractivity contribution < 1.29 is 91.3 Å². The zero-order valence-corrected chi connectivity index (χ0v) is 19.0. The molecule has 2 aromatic rings. The largest absolute Gasteiger partial charge is 1.00 e. The second kappa shape index (κ2) is 11.0. The zero-order valence-electron chi connectivity index (χ0n) is 12.5. The number of thiol groups is 1. The molecule has 8 nitrogen and oxygen atoms in total. The van der Waals surface area contributed by atoms with Crippen molar-refractivity contribution in [3.8, 4) is 0 Å². The third-order valence-corrected chi connectivity index (χ3v) is 4.41. The van der Waals surface area contributed by atoms with Gasteiger partial charge < -0.3 is 9.81 Å². The van der Waals surface area contributed by atoms with Crippen molar-refractivity contribution in [2.24, 2.45) is 0 Å². The van der Waals surface area contributed by atoms with Crippen molar-refractivity contribution in [3.05, 3.63) is 18.2 Å². The third kappa shape index (κ3) is 7.52. The molecule has 1 heterocycles. The van der Waals surface area contributed by atoms with E-state index in [4.69, 9.17) is 0 Å². The first-order chi connectivity index (χ1) is 9.90. The van der Waals surface area contributed by atoms with Gasteiger partial charge in [0.05, 0.1) is 28.7 Å². The fourth-order valence-corrected chi connectivity index (χ4v) is 3.09. The van der Waals surface area contributed by atoms with Crippen LogP contribution in [-0.4, -0.2) is 23.7 Å². The second-order valence-electron chi connectivity index (χ2n) is 4.11. The van der Waals surface area contributed by atoms with Crippen molar-refractivity contribution in [3.63, 3.8) is 0 Å². The van der Waals surface area contributed by atoms with Crippen LogP contribution in [0.25, 0.3) is 11.0 Å². The summed E-state index contributed by atoms with van der Waals surface area (Å²) in [5.74, 6) is -0.428. The van der Waals surface area contributed by atoms with Gasteiger partial charge in [-0.05, 0) is 18.6 Å². The van der Waals surface area contributed by atoms with Gasteiger partial charge in [-0.15, -0.1) is 0 Å². The molecule has 0 amide bonds. The van der Waals surface area contributed by atoms with Crippen LogP contribution in [0.4, 0.5) is 0 Å². The summed E-state index contributed by atoms with van der Waals surface area (Å²) < 4.78 is 37.8. The smallest absolute Gasteiger partial charge is 0.748 e. The normalized spacial score (nSPS) is 11.1. The van der Waals surface area contributed by atoms with Gasteiger partial charge in [-0.1, -0.05) is 12.6 Å². The number of aromatic amines is 1. The Morgan fingerprint density at radius 2 is 2.04 bits per heavy atom. The molecule has 2 rings (SSSR count). The van der Waals surface area contributed by atoms with Crippen molar-refractivity contribution in [2.45, 2.75) is 23.0 Å². The molecule has 0 saturated carbocycles. The minimum atomic E-state index is -4.22. The van der Waals surface area contributed by atoms with E-state index in [0.717, 1.165) is 23.1 Å². The number of nitrogens with zero attached hydrogens (tertiary/aromatic N) is 1. The Balaban J connectivity index is 0.00000242. The zero-order chi connectivity index (χ0) is 15.5. The molecule has 0 aliphatic rings. The number of H-pyrrole nitrogens is 1. The van der Waals surface area contributed by atoms with Crippen LogP contribution < -0.4 is 68.9 Å². The fourth-order valence-electron chi connectivity index (χ4n) is 1.88. The molecule has 0 unspecified atom stereocenters. The van der Waals surface area contributed by atoms with Gasteiger partial charge in [-0.25, -0.2) is 18.0 Å². The summed E-state index contributed by atoms with van der Waals surface area (Å²) in [5.41, 5.74) is 1.51. The first-order valence-corrected chi connectivity index (χ1v) is 8.48. The number of imidazole rings is 1. The monoisotopic (exact) mass is 397 g/mol. The van der Waals surface area contributed by atoms with E-state index in [-0.39, 0.29) is 65.5 Å². The first-order valence-electron chi connectivity index (χ1n) is 5.72. The Morgan fingerprint density at radius 3 is 2.65 bits per heavy atom. The van der Waals surface area contributed by atoms with Crippen molar-refractivity contribution in [1.82, 2.24) is 4.98 Å². The summed E-state index contributed by atoms with van der Waals surface area (Å²) in [5, 5.41) is 13.6. The van der Waals surface area contributed by atoms with E-state index in [2.05, 4.69) is 27.0 Å². The molecule has 1 aromatic heterocycles. The van der Waals surface area contributed by atoms with Crippen molar-refractivity contribution >= 4 is 45.8 Å². The summed E-state index contributed by atoms with van der Waals surface area (Å²) >= 11 is 5.04. The number of hydrogen-bond donors (Lipinski definition) is 2. The molecule has 0 saturated heterocycles. The van der Waals surface area contributed by atoms with Gasteiger partial charge in [0.15, 0.2) is 11.0 Å². The van der Waals surface area contributed by atoms with Crippen LogP contribution in [0, 0.1) is 0 Å². The predicted octanol–water partition coefficient (Wildman–Crippen LogP) is -6.08. The SMILES string of the molecule is O=S(=O)([O-])CCC[n+]1c(S)[nH]c2cc(SOO[O-])ccc21.[Na+].[Na+]. The van der Waals surface area contributed by atoms with E-state index in [0.29, 0.717) is 16.6 Å². The summed E-state index contributed by atoms with van der Waals surface area (Å²) in [7, 11) is -4.22. The molecule has 0 bridgehead atoms. The molecular weight excluding hydrogens is 386 g/mol. The van der Waals surface area contributed by atoms with E-state index in [1.165, 1.54) is 0 Å². The Kier molecular flexibility index (Phi) is 11.6. The summed E-state index contributed by atoms with van der Waals surface area (Å²) in [6.45, 7) is 0.340. The maximum absolute atomic E-state index is 10.6. The van der Waals surface area contributed by atoms with E-state index in [1.807, 2.05) is 0 Å². The van der Waals surface area contributed by atoms with Crippen LogP contribution in [0.2, 0.25) is 0 Å². The van der Waals surface area contributed by atoms with Crippen LogP contribution in [-0.2, 0) is 26.0 Å². The molecule has 13 heteroatoms. The topological polar surface area (TPSA) is 118 Å². The number of fused-ring (bicyclic) bond motifs is 1. The maximum Gasteiger partial charge on any atom is 1.00 e. The number of aryl methyl sites for hydroxylation is 1. The van der Waals surface area contributed by atoms with Crippen LogP contribution in [0.3, 0.4) is 0 Å². The molecule has 0 atom stereocenters. The Bertz CT molecular complexity index is 740. The van der Waals surface area contributed by atoms with Crippen LogP contribution >= 0.6 is 24.7 Å². The van der Waals surface area contributed by atoms with Gasteiger partial charge in [0.2, 0.25) is 0 Å². The Labute approximate surface area is 187 Å². The van der Waals surface area contributed by atoms with E-state index in [1.54, 1.807) is 22.8 Å². The number of hydrogen-bond acceptors (Lipinski definition) is 8.